The summed E-state index contributed by atoms with van der Waals surface area (Å²) in [5.74, 6) is 0.255. The van der Waals surface area contributed by atoms with Crippen LogP contribution in [0.15, 0.2) is 53.4 Å². The van der Waals surface area contributed by atoms with E-state index >= 15 is 0 Å². The molecule has 11 heteroatoms. The zero-order valence-corrected chi connectivity index (χ0v) is 27.9. The molecule has 1 aliphatic carbocycles. The normalized spacial score (nSPS) is 21.3. The number of fused-ring (bicyclic) bond motifs is 4. The fourth-order valence-corrected chi connectivity index (χ4v) is 7.41. The Kier molecular flexibility index (Phi) is 10.1. The van der Waals surface area contributed by atoms with Crippen LogP contribution < -0.4 is 9.46 Å². The minimum Gasteiger partial charge on any atom is -0.475 e. The molecule has 2 heterocycles. The van der Waals surface area contributed by atoms with Gasteiger partial charge in [-0.25, -0.2) is 18.1 Å². The average molecular weight is 636 g/mol. The van der Waals surface area contributed by atoms with Gasteiger partial charge in [-0.15, -0.1) is 0 Å². The molecule has 0 saturated heterocycles. The lowest BCUT2D eigenvalue weighted by atomic mass is 9.82. The van der Waals surface area contributed by atoms with Crippen LogP contribution in [0.1, 0.15) is 61.0 Å². The molecule has 5 rings (SSSR count). The van der Waals surface area contributed by atoms with Crippen molar-refractivity contribution < 1.29 is 22.7 Å². The van der Waals surface area contributed by atoms with Crippen LogP contribution in [0.2, 0.25) is 0 Å². The molecule has 242 valence electrons. The summed E-state index contributed by atoms with van der Waals surface area (Å²) in [5, 5.41) is 0. The van der Waals surface area contributed by atoms with Crippen molar-refractivity contribution in [2.75, 3.05) is 38.6 Å². The highest BCUT2D eigenvalue weighted by molar-refractivity contribution is 7.92. The highest BCUT2D eigenvalue weighted by Crippen LogP contribution is 2.35. The van der Waals surface area contributed by atoms with E-state index in [4.69, 9.17) is 9.47 Å². The van der Waals surface area contributed by atoms with E-state index in [1.807, 2.05) is 36.9 Å². The lowest BCUT2D eigenvalue weighted by Crippen LogP contribution is -2.59. The number of benzene rings is 2. The van der Waals surface area contributed by atoms with E-state index in [1.54, 1.807) is 25.3 Å². The van der Waals surface area contributed by atoms with E-state index < -0.39 is 10.0 Å². The van der Waals surface area contributed by atoms with Crippen LogP contribution >= 0.6 is 0 Å². The minimum absolute atomic E-state index is 0.00520. The third-order valence-electron chi connectivity index (χ3n) is 8.82. The Morgan fingerprint density at radius 3 is 2.49 bits per heavy atom. The fraction of sp³-hybridized carbons (Fsp3) is 0.500. The Hall–Kier alpha value is -3.54. The number of methoxy groups -OCH3 is 1. The third kappa shape index (κ3) is 7.48. The number of aryl methyl sites for hydroxylation is 2. The lowest BCUT2D eigenvalue weighted by molar-refractivity contribution is 0.00151. The van der Waals surface area contributed by atoms with Gasteiger partial charge in [0.05, 0.1) is 16.6 Å². The Labute approximate surface area is 267 Å². The van der Waals surface area contributed by atoms with Crippen molar-refractivity contribution in [2.45, 2.75) is 76.4 Å². The fourth-order valence-electron chi connectivity index (χ4n) is 6.42. The van der Waals surface area contributed by atoms with Crippen molar-refractivity contribution in [3.63, 3.8) is 0 Å². The highest BCUT2D eigenvalue weighted by Gasteiger charge is 2.42. The summed E-state index contributed by atoms with van der Waals surface area (Å²) in [6.45, 7) is 10.1. The molecule has 2 aliphatic rings. The first-order valence-corrected chi connectivity index (χ1v) is 17.2. The number of carbonyl (C=O) groups excluding carboxylic acids is 1. The van der Waals surface area contributed by atoms with Gasteiger partial charge < -0.3 is 19.3 Å². The first-order valence-electron chi connectivity index (χ1n) is 15.7. The summed E-state index contributed by atoms with van der Waals surface area (Å²) in [6.07, 6.45) is 3.32. The molecular weight excluding hydrogens is 590 g/mol. The average Bonchev–Trinajstić information content (AvgIpc) is 2.96. The summed E-state index contributed by atoms with van der Waals surface area (Å²) in [7, 11) is -0.281. The van der Waals surface area contributed by atoms with Gasteiger partial charge in [-0.05, 0) is 81.8 Å². The standard InChI is InChI=1S/C34H45N5O5S/c1-22(2)16-28-21-44-31-20-30(32-23(3)10-7-11-24(32)4)35-34(36-31)37-45(41,42)29-13-8-12-25(17-29)33(40)39(28)27-18-26(19-27)38(5)14-9-15-43-6/h7-8,10-13,17,20,22,26-28H,9,14-16,18-19,21H2,1-6H3,(H,35,36,37)/t26?,27?,28-/m1/s1. The van der Waals surface area contributed by atoms with Crippen LogP contribution in [-0.2, 0) is 14.8 Å². The molecule has 2 aromatic carbocycles. The number of nitrogens with one attached hydrogen (secondary N) is 1. The number of ether oxygens (including phenoxy) is 2. The second kappa shape index (κ2) is 13.8. The predicted molar refractivity (Wildman–Crippen MR) is 175 cm³/mol. The van der Waals surface area contributed by atoms with Gasteiger partial charge in [0.2, 0.25) is 11.8 Å². The summed E-state index contributed by atoms with van der Waals surface area (Å²) in [4.78, 5) is 27.7. The molecule has 45 heavy (non-hydrogen) atoms. The Bertz CT molecular complexity index is 1600. The van der Waals surface area contributed by atoms with E-state index in [1.165, 1.54) is 12.1 Å². The molecule has 1 saturated carbocycles. The van der Waals surface area contributed by atoms with Gasteiger partial charge in [-0.3, -0.25) is 4.79 Å². The highest BCUT2D eigenvalue weighted by atomic mass is 32.2. The number of carbonyl (C=O) groups is 1. The second-order valence-electron chi connectivity index (χ2n) is 12.7. The number of sulfonamides is 1. The van der Waals surface area contributed by atoms with Crippen LogP contribution in [0, 0.1) is 19.8 Å². The molecule has 1 aliphatic heterocycles. The molecule has 1 N–H and O–H groups in total. The molecule has 0 spiro atoms. The third-order valence-corrected chi connectivity index (χ3v) is 10.1. The SMILES string of the molecule is COCCCN(C)C1CC(N2C(=O)c3cccc(c3)S(=O)(=O)Nc3nc(cc(-c4c(C)cccc4C)n3)OC[C@H]2CC(C)C)C1. The first kappa shape index (κ1) is 32.8. The van der Waals surface area contributed by atoms with Gasteiger partial charge in [0.1, 0.15) is 6.61 Å². The predicted octanol–water partition coefficient (Wildman–Crippen LogP) is 5.31. The van der Waals surface area contributed by atoms with Gasteiger partial charge >= 0.3 is 0 Å². The van der Waals surface area contributed by atoms with E-state index in [0.29, 0.717) is 30.3 Å². The number of hydrogen-bond donors (Lipinski definition) is 1. The number of anilines is 1. The molecule has 10 nitrogen and oxygen atoms in total. The number of nitrogens with zero attached hydrogens (tertiary/aromatic N) is 4. The topological polar surface area (TPSA) is 114 Å². The van der Waals surface area contributed by atoms with Crippen molar-refractivity contribution >= 4 is 21.9 Å². The summed E-state index contributed by atoms with van der Waals surface area (Å²) in [6, 6.07) is 14.0. The molecule has 1 atom stereocenters. The van der Waals surface area contributed by atoms with Crippen LogP contribution in [-0.4, -0.2) is 86.1 Å². The number of aromatic nitrogens is 2. The van der Waals surface area contributed by atoms with Gasteiger partial charge in [-0.2, -0.15) is 4.98 Å². The quantitative estimate of drug-likeness (QED) is 0.315. The Balaban J connectivity index is 1.56. The Morgan fingerprint density at radius 2 is 1.80 bits per heavy atom. The van der Waals surface area contributed by atoms with E-state index in [-0.39, 0.29) is 47.2 Å². The maximum Gasteiger partial charge on any atom is 0.264 e. The Morgan fingerprint density at radius 1 is 1.09 bits per heavy atom. The summed E-state index contributed by atoms with van der Waals surface area (Å²) in [5.41, 5.74) is 3.78. The molecule has 1 aromatic heterocycles. The maximum absolute atomic E-state index is 14.3. The van der Waals surface area contributed by atoms with E-state index in [9.17, 15) is 13.2 Å². The molecule has 0 radical (unpaired) electrons. The maximum atomic E-state index is 14.3. The van der Waals surface area contributed by atoms with Crippen LogP contribution in [0.4, 0.5) is 5.95 Å². The minimum atomic E-state index is -4.11. The van der Waals surface area contributed by atoms with Gasteiger partial charge in [0, 0.05) is 49.5 Å². The summed E-state index contributed by atoms with van der Waals surface area (Å²) < 4.78 is 41.4. The zero-order chi connectivity index (χ0) is 32.3. The van der Waals surface area contributed by atoms with Crippen molar-refractivity contribution in [3.05, 3.63) is 65.2 Å². The van der Waals surface area contributed by atoms with Gasteiger partial charge in [-0.1, -0.05) is 38.1 Å². The van der Waals surface area contributed by atoms with Crippen LogP contribution in [0.3, 0.4) is 0 Å². The number of amides is 1. The smallest absolute Gasteiger partial charge is 0.264 e. The van der Waals surface area contributed by atoms with Crippen molar-refractivity contribution in [2.24, 2.45) is 5.92 Å². The lowest BCUT2D eigenvalue weighted by Gasteiger charge is -2.49. The molecule has 4 bridgehead atoms. The largest absolute Gasteiger partial charge is 0.475 e. The molecule has 1 amide bonds. The molecule has 1 fully saturated rings. The monoisotopic (exact) mass is 635 g/mol. The van der Waals surface area contributed by atoms with E-state index in [2.05, 4.69) is 40.5 Å². The van der Waals surface area contributed by atoms with Gasteiger partial charge in [0.25, 0.3) is 15.9 Å². The number of hydrogen-bond acceptors (Lipinski definition) is 8. The van der Waals surface area contributed by atoms with Crippen molar-refractivity contribution in [1.82, 2.24) is 19.8 Å². The van der Waals surface area contributed by atoms with Gasteiger partial charge in [0.15, 0.2) is 0 Å². The van der Waals surface area contributed by atoms with Crippen molar-refractivity contribution in [3.8, 4) is 17.1 Å². The molecule has 0 unspecified atom stereocenters. The second-order valence-corrected chi connectivity index (χ2v) is 14.4. The number of rotatable bonds is 9. The van der Waals surface area contributed by atoms with Crippen LogP contribution in [0.25, 0.3) is 11.3 Å². The molecular formula is C34H45N5O5S. The van der Waals surface area contributed by atoms with Crippen molar-refractivity contribution in [1.29, 1.82) is 0 Å². The van der Waals surface area contributed by atoms with Crippen LogP contribution in [0.5, 0.6) is 5.88 Å². The first-order chi connectivity index (χ1) is 21.5. The van der Waals surface area contributed by atoms with E-state index in [0.717, 1.165) is 42.5 Å². The zero-order valence-electron chi connectivity index (χ0n) is 27.1. The molecule has 3 aromatic rings. The summed E-state index contributed by atoms with van der Waals surface area (Å²) >= 11 is 0.